The highest BCUT2D eigenvalue weighted by atomic mass is 32.1. The number of aromatic nitrogens is 1. The van der Waals surface area contributed by atoms with Gasteiger partial charge >= 0.3 is 0 Å². The molecule has 0 aromatic carbocycles. The van der Waals surface area contributed by atoms with Crippen LogP contribution in [0.25, 0.3) is 0 Å². The summed E-state index contributed by atoms with van der Waals surface area (Å²) in [5.74, 6) is 1.15. The average molecular weight is 324 g/mol. The van der Waals surface area contributed by atoms with Crippen LogP contribution in [0.4, 0.5) is 5.13 Å². The summed E-state index contributed by atoms with van der Waals surface area (Å²) >= 11 is 1.50. The zero-order valence-corrected chi connectivity index (χ0v) is 14.6. The molecule has 0 bridgehead atoms. The quantitative estimate of drug-likeness (QED) is 0.798. The smallest absolute Gasteiger partial charge is 0.229 e. The maximum absolute atomic E-state index is 12.4. The molecule has 1 heterocycles. The van der Waals surface area contributed by atoms with Gasteiger partial charge in [0.1, 0.15) is 0 Å². The van der Waals surface area contributed by atoms with Crippen LogP contribution in [0.1, 0.15) is 64.5 Å². The summed E-state index contributed by atoms with van der Waals surface area (Å²) in [4.78, 5) is 16.8. The van der Waals surface area contributed by atoms with Crippen molar-refractivity contribution in [1.29, 1.82) is 0 Å². The number of nitrogens with two attached hydrogens (primary N) is 1. The molecule has 0 spiro atoms. The Morgan fingerprint density at radius 3 is 2.82 bits per heavy atom. The number of hydrogen-bond donors (Lipinski definition) is 2. The molecule has 22 heavy (non-hydrogen) atoms. The normalized spacial score (nSPS) is 23.2. The molecule has 0 radical (unpaired) electrons. The molecule has 4 nitrogen and oxygen atoms in total. The predicted octanol–water partition coefficient (Wildman–Crippen LogP) is 3.97. The molecule has 1 amide bonds. The van der Waals surface area contributed by atoms with Crippen molar-refractivity contribution in [3.8, 4) is 0 Å². The molecule has 124 valence electrons. The van der Waals surface area contributed by atoms with Gasteiger partial charge in [0.2, 0.25) is 5.91 Å². The molecule has 3 N–H and O–H groups in total. The van der Waals surface area contributed by atoms with Crippen LogP contribution in [0.3, 0.4) is 0 Å². The van der Waals surface area contributed by atoms with Crippen molar-refractivity contribution < 1.29 is 4.79 Å². The second-order valence-electron chi connectivity index (χ2n) is 6.67. The molecular formula is C17H29N3OS. The molecule has 1 atom stereocenters. The summed E-state index contributed by atoms with van der Waals surface area (Å²) in [6, 6.07) is 0.101. The van der Waals surface area contributed by atoms with E-state index in [0.29, 0.717) is 5.13 Å². The molecule has 5 heteroatoms. The monoisotopic (exact) mass is 323 g/mol. The molecule has 2 rings (SSSR count). The van der Waals surface area contributed by atoms with Gasteiger partial charge in [0, 0.05) is 23.8 Å². The van der Waals surface area contributed by atoms with Crippen LogP contribution in [-0.2, 0) is 11.2 Å². The second-order valence-corrected chi connectivity index (χ2v) is 7.53. The van der Waals surface area contributed by atoms with Crippen molar-refractivity contribution in [1.82, 2.24) is 4.98 Å². The first-order chi connectivity index (χ1) is 10.6. The van der Waals surface area contributed by atoms with Crippen LogP contribution in [0.2, 0.25) is 0 Å². The van der Waals surface area contributed by atoms with E-state index in [4.69, 9.17) is 5.73 Å². The van der Waals surface area contributed by atoms with Gasteiger partial charge in [-0.2, -0.15) is 0 Å². The highest BCUT2D eigenvalue weighted by Gasteiger charge is 2.26. The van der Waals surface area contributed by atoms with Gasteiger partial charge in [-0.1, -0.05) is 26.2 Å². The van der Waals surface area contributed by atoms with Crippen LogP contribution in [0, 0.1) is 11.8 Å². The predicted molar refractivity (Wildman–Crippen MR) is 93.1 cm³/mol. The van der Waals surface area contributed by atoms with Gasteiger partial charge in [-0.05, 0) is 38.5 Å². The second kappa shape index (κ2) is 8.63. The van der Waals surface area contributed by atoms with E-state index in [9.17, 15) is 4.79 Å². The maximum atomic E-state index is 12.4. The Hall–Kier alpha value is -0.940. The first-order valence-electron chi connectivity index (χ1n) is 8.59. The first kappa shape index (κ1) is 17.4. The fraction of sp³-hybridized carbons (Fsp3) is 0.765. The highest BCUT2D eigenvalue weighted by molar-refractivity contribution is 7.13. The minimum atomic E-state index is 0.101. The van der Waals surface area contributed by atoms with Gasteiger partial charge in [0.05, 0.1) is 5.69 Å². The van der Waals surface area contributed by atoms with Crippen LogP contribution >= 0.6 is 11.3 Å². The highest BCUT2D eigenvalue weighted by Crippen LogP contribution is 2.32. The molecule has 0 aliphatic heterocycles. The zero-order valence-electron chi connectivity index (χ0n) is 13.8. The zero-order chi connectivity index (χ0) is 15.9. The molecule has 1 saturated carbocycles. The Balaban J connectivity index is 1.77. The number of thiazole rings is 1. The van der Waals surface area contributed by atoms with Gasteiger partial charge in [-0.15, -0.1) is 11.3 Å². The van der Waals surface area contributed by atoms with Gasteiger partial charge in [0.15, 0.2) is 5.13 Å². The lowest BCUT2D eigenvalue weighted by molar-refractivity contribution is -0.121. The van der Waals surface area contributed by atoms with Crippen LogP contribution in [-0.4, -0.2) is 16.9 Å². The first-order valence-corrected chi connectivity index (χ1v) is 9.47. The number of carbonyl (C=O) groups is 1. The van der Waals surface area contributed by atoms with Crippen molar-refractivity contribution >= 4 is 22.4 Å². The fourth-order valence-electron chi connectivity index (χ4n) is 3.20. The number of carbonyl (C=O) groups excluding carboxylic acids is 1. The number of hydrogen-bond acceptors (Lipinski definition) is 4. The molecule has 1 unspecified atom stereocenters. The Morgan fingerprint density at radius 2 is 2.18 bits per heavy atom. The lowest BCUT2D eigenvalue weighted by Crippen LogP contribution is -2.27. The van der Waals surface area contributed by atoms with Gasteiger partial charge in [0.25, 0.3) is 0 Å². The number of nitrogens with zero attached hydrogens (tertiary/aromatic N) is 1. The summed E-state index contributed by atoms with van der Waals surface area (Å²) in [5, 5.41) is 5.69. The molecule has 1 aromatic heterocycles. The summed E-state index contributed by atoms with van der Waals surface area (Å²) in [5.41, 5.74) is 6.75. The third kappa shape index (κ3) is 5.36. The van der Waals surface area contributed by atoms with Crippen LogP contribution < -0.4 is 11.1 Å². The molecule has 1 aliphatic carbocycles. The van der Waals surface area contributed by atoms with E-state index in [0.717, 1.165) is 30.9 Å². The van der Waals surface area contributed by atoms with E-state index in [1.165, 1.54) is 43.4 Å². The number of unbranched alkanes of at least 4 members (excludes halogenated alkanes) is 1. The minimum absolute atomic E-state index is 0.101. The number of amides is 1. The lowest BCUT2D eigenvalue weighted by Gasteiger charge is -2.27. The Labute approximate surface area is 137 Å². The molecule has 1 aliphatic rings. The lowest BCUT2D eigenvalue weighted by atomic mass is 9.79. The number of anilines is 1. The van der Waals surface area contributed by atoms with Gasteiger partial charge in [-0.25, -0.2) is 4.98 Å². The summed E-state index contributed by atoms with van der Waals surface area (Å²) in [6.45, 7) is 4.21. The SMILES string of the molecule is CCCCC1CCC(C(=O)Nc2nc(CC(C)N)cs2)CC1. The molecule has 1 aromatic rings. The van der Waals surface area contributed by atoms with Crippen LogP contribution in [0.15, 0.2) is 5.38 Å². The van der Waals surface area contributed by atoms with Gasteiger partial charge in [-0.3, -0.25) is 4.79 Å². The van der Waals surface area contributed by atoms with Crippen LogP contribution in [0.5, 0.6) is 0 Å². The third-order valence-electron chi connectivity index (χ3n) is 4.50. The summed E-state index contributed by atoms with van der Waals surface area (Å²) in [6.07, 6.45) is 9.14. The fourth-order valence-corrected chi connectivity index (χ4v) is 3.93. The molecular weight excluding hydrogens is 294 g/mol. The van der Waals surface area contributed by atoms with E-state index in [1.807, 2.05) is 12.3 Å². The summed E-state index contributed by atoms with van der Waals surface area (Å²) in [7, 11) is 0. The van der Waals surface area contributed by atoms with E-state index >= 15 is 0 Å². The van der Waals surface area contributed by atoms with E-state index in [-0.39, 0.29) is 17.9 Å². The van der Waals surface area contributed by atoms with E-state index < -0.39 is 0 Å². The molecule has 1 fully saturated rings. The van der Waals surface area contributed by atoms with Crippen molar-refractivity contribution in [3.63, 3.8) is 0 Å². The van der Waals surface area contributed by atoms with Crippen molar-refractivity contribution in [2.45, 2.75) is 71.3 Å². The van der Waals surface area contributed by atoms with Crippen molar-refractivity contribution in [2.24, 2.45) is 17.6 Å². The Kier molecular flexibility index (Phi) is 6.83. The maximum Gasteiger partial charge on any atom is 0.229 e. The van der Waals surface area contributed by atoms with Crippen molar-refractivity contribution in [3.05, 3.63) is 11.1 Å². The molecule has 0 saturated heterocycles. The number of nitrogens with one attached hydrogen (secondary N) is 1. The number of rotatable bonds is 7. The summed E-state index contributed by atoms with van der Waals surface area (Å²) < 4.78 is 0. The van der Waals surface area contributed by atoms with Gasteiger partial charge < -0.3 is 11.1 Å². The van der Waals surface area contributed by atoms with E-state index in [2.05, 4.69) is 17.2 Å². The minimum Gasteiger partial charge on any atom is -0.328 e. The Bertz CT molecular complexity index is 464. The Morgan fingerprint density at radius 1 is 1.45 bits per heavy atom. The standard InChI is InChI=1S/C17H29N3OS/c1-3-4-5-13-6-8-14(9-7-13)16(21)20-17-19-15(11-22-17)10-12(2)18/h11-14H,3-10,18H2,1-2H3,(H,19,20,21). The average Bonchev–Trinajstić information content (AvgIpc) is 2.91. The third-order valence-corrected chi connectivity index (χ3v) is 5.30. The largest absolute Gasteiger partial charge is 0.328 e. The van der Waals surface area contributed by atoms with Crippen molar-refractivity contribution in [2.75, 3.05) is 5.32 Å². The van der Waals surface area contributed by atoms with E-state index in [1.54, 1.807) is 0 Å². The topological polar surface area (TPSA) is 68.0 Å².